The zero-order valence-corrected chi connectivity index (χ0v) is 18.3. The van der Waals surface area contributed by atoms with Crippen molar-refractivity contribution < 1.29 is 19.0 Å². The molecule has 1 fully saturated rings. The van der Waals surface area contributed by atoms with Crippen molar-refractivity contribution in [3.05, 3.63) is 46.7 Å². The fourth-order valence-electron chi connectivity index (χ4n) is 3.23. The number of carbonyl (C=O) groups is 1. The molecule has 9 heteroatoms. The van der Waals surface area contributed by atoms with E-state index < -0.39 is 0 Å². The monoisotopic (exact) mass is 444 g/mol. The van der Waals surface area contributed by atoms with Crippen LogP contribution in [0.25, 0.3) is 0 Å². The molecular formula is C22H25ClN4O4. The number of carbonyl (C=O) groups excluding carboxylic acids is 1. The van der Waals surface area contributed by atoms with Gasteiger partial charge in [-0.25, -0.2) is 9.97 Å². The number of ether oxygens (including phenoxy) is 3. The topological polar surface area (TPSA) is 106 Å². The van der Waals surface area contributed by atoms with Crippen molar-refractivity contribution in [2.75, 3.05) is 13.2 Å². The normalized spacial score (nSPS) is 18.4. The summed E-state index contributed by atoms with van der Waals surface area (Å²) in [5.74, 6) is 0.804. The molecule has 8 nitrogen and oxygen atoms in total. The van der Waals surface area contributed by atoms with E-state index in [1.54, 1.807) is 18.2 Å². The molecule has 1 aromatic heterocycles. The predicted octanol–water partition coefficient (Wildman–Crippen LogP) is 3.28. The molecule has 0 bridgehead atoms. The Morgan fingerprint density at radius 2 is 2.06 bits per heavy atom. The number of nitrogens with one attached hydrogen (secondary N) is 1. The molecule has 164 valence electrons. The van der Waals surface area contributed by atoms with Gasteiger partial charge in [-0.05, 0) is 43.4 Å². The van der Waals surface area contributed by atoms with Gasteiger partial charge in [-0.15, -0.1) is 0 Å². The lowest BCUT2D eigenvalue weighted by atomic mass is 9.83. The molecule has 2 aromatic rings. The third kappa shape index (κ3) is 6.81. The molecule has 0 aliphatic heterocycles. The van der Waals surface area contributed by atoms with Gasteiger partial charge in [0.25, 0.3) is 0 Å². The number of halogens is 1. The number of hydrogen-bond acceptors (Lipinski definition) is 7. The minimum absolute atomic E-state index is 0.00609. The van der Waals surface area contributed by atoms with Crippen LogP contribution in [-0.4, -0.2) is 41.2 Å². The second-order valence-electron chi connectivity index (χ2n) is 7.60. The molecule has 1 heterocycles. The average Bonchev–Trinajstić information content (AvgIpc) is 2.72. The van der Waals surface area contributed by atoms with E-state index in [9.17, 15) is 4.79 Å². The summed E-state index contributed by atoms with van der Waals surface area (Å²) in [6.45, 7) is 4.60. The van der Waals surface area contributed by atoms with Crippen LogP contribution in [0.1, 0.15) is 37.8 Å². The van der Waals surface area contributed by atoms with E-state index in [2.05, 4.69) is 21.4 Å². The van der Waals surface area contributed by atoms with Crippen molar-refractivity contribution in [2.24, 2.45) is 5.92 Å². The maximum Gasteiger partial charge on any atom is 0.240 e. The average molecular weight is 445 g/mol. The molecule has 1 aromatic carbocycles. The van der Waals surface area contributed by atoms with Crippen LogP contribution in [0.15, 0.2) is 30.6 Å². The van der Waals surface area contributed by atoms with E-state index in [1.165, 1.54) is 13.3 Å². The summed E-state index contributed by atoms with van der Waals surface area (Å²) < 4.78 is 17.3. The summed E-state index contributed by atoms with van der Waals surface area (Å²) in [6.07, 6.45) is 3.29. The zero-order valence-electron chi connectivity index (χ0n) is 17.5. The largest absolute Gasteiger partial charge is 0.476 e. The summed E-state index contributed by atoms with van der Waals surface area (Å²) in [4.78, 5) is 19.2. The number of rotatable bonds is 10. The Hall–Kier alpha value is -2.89. The molecule has 31 heavy (non-hydrogen) atoms. The molecule has 3 rings (SSSR count). The molecule has 0 radical (unpaired) electrons. The molecular weight excluding hydrogens is 420 g/mol. The van der Waals surface area contributed by atoms with E-state index in [1.807, 2.05) is 13.0 Å². The summed E-state index contributed by atoms with van der Waals surface area (Å²) in [5, 5.41) is 12.0. The van der Waals surface area contributed by atoms with Crippen molar-refractivity contribution in [3.63, 3.8) is 0 Å². The molecule has 0 unspecified atom stereocenters. The summed E-state index contributed by atoms with van der Waals surface area (Å²) in [7, 11) is 0. The number of amides is 1. The van der Waals surface area contributed by atoms with Crippen molar-refractivity contribution in [3.8, 4) is 17.8 Å². The quantitative estimate of drug-likeness (QED) is 0.599. The fourth-order valence-corrected chi connectivity index (χ4v) is 3.44. The molecule has 1 N–H and O–H groups in total. The SMILES string of the molecule is CC(=O)N[C@@H](C)CO[C@H]1C[C@H](COc2ncnc(OCc3cccc(C#N)c3)c2Cl)C1. The van der Waals surface area contributed by atoms with Gasteiger partial charge in [-0.3, -0.25) is 4.79 Å². The first-order valence-corrected chi connectivity index (χ1v) is 10.5. The standard InChI is InChI=1S/C22H25ClN4O4/c1-14(27-15(2)28)10-29-19-7-18(8-19)12-31-22-20(23)21(25-13-26-22)30-11-17-5-3-4-16(6-17)9-24/h3-6,13-14,18-19H,7-8,10-12H2,1-2H3,(H,27,28)/t14-,18-,19-/m0/s1. The van der Waals surface area contributed by atoms with Gasteiger partial charge in [-0.2, -0.15) is 5.26 Å². The van der Waals surface area contributed by atoms with Crippen molar-refractivity contribution >= 4 is 17.5 Å². The van der Waals surface area contributed by atoms with E-state index in [4.69, 9.17) is 31.1 Å². The van der Waals surface area contributed by atoms with Gasteiger partial charge < -0.3 is 19.5 Å². The molecule has 0 spiro atoms. The number of nitrogens with zero attached hydrogens (tertiary/aromatic N) is 3. The van der Waals surface area contributed by atoms with Crippen LogP contribution in [0.3, 0.4) is 0 Å². The second kappa shape index (κ2) is 10.9. The van der Waals surface area contributed by atoms with Gasteiger partial charge in [0.1, 0.15) is 12.9 Å². The van der Waals surface area contributed by atoms with E-state index in [0.717, 1.165) is 18.4 Å². The number of benzene rings is 1. The van der Waals surface area contributed by atoms with Crippen molar-refractivity contribution in [1.29, 1.82) is 5.26 Å². The van der Waals surface area contributed by atoms with E-state index >= 15 is 0 Å². The van der Waals surface area contributed by atoms with E-state index in [0.29, 0.717) is 24.7 Å². The first kappa shape index (κ1) is 22.8. The van der Waals surface area contributed by atoms with Crippen LogP contribution in [0, 0.1) is 17.2 Å². The van der Waals surface area contributed by atoms with Crippen LogP contribution in [0.2, 0.25) is 5.02 Å². The lowest BCUT2D eigenvalue weighted by molar-refractivity contribution is -0.120. The highest BCUT2D eigenvalue weighted by molar-refractivity contribution is 6.33. The highest BCUT2D eigenvalue weighted by Gasteiger charge is 2.31. The minimum Gasteiger partial charge on any atom is -0.476 e. The first-order valence-electron chi connectivity index (χ1n) is 10.1. The summed E-state index contributed by atoms with van der Waals surface area (Å²) in [5.41, 5.74) is 1.40. The van der Waals surface area contributed by atoms with Gasteiger partial charge in [-0.1, -0.05) is 23.7 Å². The molecule has 1 amide bonds. The lowest BCUT2D eigenvalue weighted by Gasteiger charge is -2.35. The van der Waals surface area contributed by atoms with Crippen LogP contribution in [0.5, 0.6) is 11.8 Å². The van der Waals surface area contributed by atoms with Crippen LogP contribution in [-0.2, 0) is 16.1 Å². The highest BCUT2D eigenvalue weighted by Crippen LogP contribution is 2.34. The number of aromatic nitrogens is 2. The van der Waals surface area contributed by atoms with Crippen LogP contribution < -0.4 is 14.8 Å². The van der Waals surface area contributed by atoms with Crippen molar-refractivity contribution in [2.45, 2.75) is 45.4 Å². The Balaban J connectivity index is 1.43. The number of hydrogen-bond donors (Lipinski definition) is 1. The minimum atomic E-state index is -0.0586. The third-order valence-electron chi connectivity index (χ3n) is 4.84. The fraction of sp³-hybridized carbons (Fsp3) is 0.455. The van der Waals surface area contributed by atoms with Gasteiger partial charge in [0.2, 0.25) is 17.7 Å². The second-order valence-corrected chi connectivity index (χ2v) is 7.98. The Bertz CT molecular complexity index is 943. The molecule has 1 aliphatic carbocycles. The van der Waals surface area contributed by atoms with Crippen molar-refractivity contribution in [1.82, 2.24) is 15.3 Å². The first-order chi connectivity index (χ1) is 14.9. The van der Waals surface area contributed by atoms with Gasteiger partial charge >= 0.3 is 0 Å². The molecule has 0 saturated heterocycles. The smallest absolute Gasteiger partial charge is 0.240 e. The lowest BCUT2D eigenvalue weighted by Crippen LogP contribution is -2.40. The Morgan fingerprint density at radius 1 is 1.32 bits per heavy atom. The Kier molecular flexibility index (Phi) is 8.04. The highest BCUT2D eigenvalue weighted by atomic mass is 35.5. The van der Waals surface area contributed by atoms with Gasteiger partial charge in [0.15, 0.2) is 5.02 Å². The Morgan fingerprint density at radius 3 is 2.77 bits per heavy atom. The van der Waals surface area contributed by atoms with Crippen LogP contribution >= 0.6 is 11.6 Å². The molecule has 1 aliphatic rings. The predicted molar refractivity (Wildman–Crippen MR) is 114 cm³/mol. The number of nitriles is 1. The maximum atomic E-state index is 11.0. The molecule has 1 atom stereocenters. The summed E-state index contributed by atoms with van der Waals surface area (Å²) in [6, 6.07) is 9.22. The van der Waals surface area contributed by atoms with Gasteiger partial charge in [0, 0.05) is 13.0 Å². The van der Waals surface area contributed by atoms with Gasteiger partial charge in [0.05, 0.1) is 31.0 Å². The molecule has 1 saturated carbocycles. The summed E-state index contributed by atoms with van der Waals surface area (Å²) >= 11 is 6.35. The Labute approximate surface area is 186 Å². The van der Waals surface area contributed by atoms with Crippen LogP contribution in [0.4, 0.5) is 0 Å². The zero-order chi connectivity index (χ0) is 22.2. The maximum absolute atomic E-state index is 11.0. The van der Waals surface area contributed by atoms with E-state index in [-0.39, 0.29) is 41.4 Å². The third-order valence-corrected chi connectivity index (χ3v) is 5.16.